The van der Waals surface area contributed by atoms with Gasteiger partial charge in [-0.1, -0.05) is 23.2 Å². The van der Waals surface area contributed by atoms with Crippen molar-refractivity contribution in [3.05, 3.63) is 57.6 Å². The third-order valence-corrected chi connectivity index (χ3v) is 4.47. The Hall–Kier alpha value is -2.57. The van der Waals surface area contributed by atoms with E-state index in [1.807, 2.05) is 0 Å². The van der Waals surface area contributed by atoms with Crippen molar-refractivity contribution in [2.75, 3.05) is 18.5 Å². The molecule has 0 fully saturated rings. The van der Waals surface area contributed by atoms with E-state index >= 15 is 0 Å². The third-order valence-electron chi connectivity index (χ3n) is 3.92. The molecule has 0 bridgehead atoms. The Morgan fingerprint density at radius 1 is 1.04 bits per heavy atom. The molecule has 1 heterocycles. The van der Waals surface area contributed by atoms with Crippen LogP contribution in [0.15, 0.2) is 36.4 Å². The van der Waals surface area contributed by atoms with Crippen LogP contribution in [0, 0.1) is 0 Å². The molecule has 140 valence electrons. The standard InChI is InChI=1S/C19H15Cl2NO5/c20-12-2-4-14(15(21)8-12)17(23)9-27-19(25)10-26-13-3-5-16-11(7-13)1-6-18(24)22-16/h2-5,7-8H,1,6,9-10H2,(H,22,24). The van der Waals surface area contributed by atoms with Crippen LogP contribution >= 0.6 is 23.2 Å². The van der Waals surface area contributed by atoms with Crippen molar-refractivity contribution < 1.29 is 23.9 Å². The van der Waals surface area contributed by atoms with Crippen molar-refractivity contribution in [2.24, 2.45) is 0 Å². The van der Waals surface area contributed by atoms with Crippen LogP contribution in [0.3, 0.4) is 0 Å². The minimum Gasteiger partial charge on any atom is -0.482 e. The Kier molecular flexibility index (Phi) is 5.98. The Bertz CT molecular complexity index is 913. The van der Waals surface area contributed by atoms with Crippen LogP contribution in [0.5, 0.6) is 5.75 Å². The number of halogens is 2. The van der Waals surface area contributed by atoms with Gasteiger partial charge in [-0.15, -0.1) is 0 Å². The molecule has 1 amide bonds. The fourth-order valence-electron chi connectivity index (χ4n) is 2.57. The maximum Gasteiger partial charge on any atom is 0.344 e. The van der Waals surface area contributed by atoms with E-state index in [1.165, 1.54) is 18.2 Å². The molecule has 1 N–H and O–H groups in total. The van der Waals surface area contributed by atoms with E-state index in [4.69, 9.17) is 32.7 Å². The number of carbonyl (C=O) groups is 3. The molecule has 0 aliphatic carbocycles. The normalized spacial score (nSPS) is 12.7. The first-order valence-electron chi connectivity index (χ1n) is 8.12. The van der Waals surface area contributed by atoms with Gasteiger partial charge in [0.15, 0.2) is 13.2 Å². The molecule has 0 aromatic heterocycles. The quantitative estimate of drug-likeness (QED) is 0.583. The van der Waals surface area contributed by atoms with Gasteiger partial charge in [0.05, 0.1) is 5.02 Å². The van der Waals surface area contributed by atoms with Gasteiger partial charge < -0.3 is 14.8 Å². The second kappa shape index (κ2) is 8.41. The predicted molar refractivity (Wildman–Crippen MR) is 101 cm³/mol. The van der Waals surface area contributed by atoms with Crippen LogP contribution < -0.4 is 10.1 Å². The van der Waals surface area contributed by atoms with E-state index in [1.54, 1.807) is 18.2 Å². The van der Waals surface area contributed by atoms with Gasteiger partial charge in [-0.3, -0.25) is 9.59 Å². The van der Waals surface area contributed by atoms with Crippen LogP contribution in [-0.4, -0.2) is 30.9 Å². The number of nitrogens with one attached hydrogen (secondary N) is 1. The summed E-state index contributed by atoms with van der Waals surface area (Å²) in [6, 6.07) is 9.59. The molecule has 0 atom stereocenters. The smallest absolute Gasteiger partial charge is 0.344 e. The molecule has 2 aromatic rings. The summed E-state index contributed by atoms with van der Waals surface area (Å²) in [5.41, 5.74) is 1.91. The highest BCUT2D eigenvalue weighted by Gasteiger charge is 2.16. The summed E-state index contributed by atoms with van der Waals surface area (Å²) in [4.78, 5) is 35.2. The number of Topliss-reactive ketones (excluding diaryl/α,β-unsaturated/α-hetero) is 1. The second-order valence-electron chi connectivity index (χ2n) is 5.86. The molecule has 0 unspecified atom stereocenters. The summed E-state index contributed by atoms with van der Waals surface area (Å²) in [6.07, 6.45) is 1.02. The average molecular weight is 408 g/mol. The van der Waals surface area contributed by atoms with Crippen molar-refractivity contribution in [3.63, 3.8) is 0 Å². The lowest BCUT2D eigenvalue weighted by Gasteiger charge is -2.17. The zero-order chi connectivity index (χ0) is 19.4. The van der Waals surface area contributed by atoms with E-state index in [9.17, 15) is 14.4 Å². The number of anilines is 1. The van der Waals surface area contributed by atoms with Crippen LogP contribution in [0.4, 0.5) is 5.69 Å². The summed E-state index contributed by atoms with van der Waals surface area (Å²) in [5, 5.41) is 3.37. The van der Waals surface area contributed by atoms with Gasteiger partial charge in [0.25, 0.3) is 0 Å². The van der Waals surface area contributed by atoms with Crippen LogP contribution in [0.25, 0.3) is 0 Å². The van der Waals surface area contributed by atoms with Crippen molar-refractivity contribution in [2.45, 2.75) is 12.8 Å². The summed E-state index contributed by atoms with van der Waals surface area (Å²) in [5.74, 6) is -0.659. The largest absolute Gasteiger partial charge is 0.482 e. The molecule has 6 nitrogen and oxygen atoms in total. The minimum absolute atomic E-state index is 0.0230. The number of aryl methyl sites for hydroxylation is 1. The van der Waals surface area contributed by atoms with Gasteiger partial charge in [-0.25, -0.2) is 4.79 Å². The van der Waals surface area contributed by atoms with Gasteiger partial charge in [0, 0.05) is 22.7 Å². The topological polar surface area (TPSA) is 81.7 Å². The lowest BCUT2D eigenvalue weighted by atomic mass is 10.0. The summed E-state index contributed by atoms with van der Waals surface area (Å²) < 4.78 is 10.3. The first-order chi connectivity index (χ1) is 12.9. The third kappa shape index (κ3) is 4.99. The van der Waals surface area contributed by atoms with Gasteiger partial charge in [-0.2, -0.15) is 0 Å². The molecule has 1 aliphatic rings. The molecule has 0 saturated heterocycles. The predicted octanol–water partition coefficient (Wildman–Crippen LogP) is 3.68. The summed E-state index contributed by atoms with van der Waals surface area (Å²) in [7, 11) is 0. The molecule has 8 heteroatoms. The fraction of sp³-hybridized carbons (Fsp3) is 0.211. The Morgan fingerprint density at radius 2 is 1.85 bits per heavy atom. The number of ether oxygens (including phenoxy) is 2. The van der Waals surface area contributed by atoms with Crippen molar-refractivity contribution in [3.8, 4) is 5.75 Å². The SMILES string of the molecule is O=C1CCc2cc(OCC(=O)OCC(=O)c3ccc(Cl)cc3Cl)ccc2N1. The Balaban J connectivity index is 1.50. The van der Waals surface area contributed by atoms with Gasteiger partial charge in [0.2, 0.25) is 11.7 Å². The van der Waals surface area contributed by atoms with Crippen molar-refractivity contribution in [1.82, 2.24) is 0 Å². The van der Waals surface area contributed by atoms with Gasteiger partial charge >= 0.3 is 5.97 Å². The van der Waals surface area contributed by atoms with E-state index in [0.29, 0.717) is 23.6 Å². The zero-order valence-corrected chi connectivity index (χ0v) is 15.6. The fourth-order valence-corrected chi connectivity index (χ4v) is 3.09. The van der Waals surface area contributed by atoms with E-state index in [-0.39, 0.29) is 23.1 Å². The average Bonchev–Trinajstić information content (AvgIpc) is 2.64. The van der Waals surface area contributed by atoms with E-state index < -0.39 is 18.4 Å². The molecule has 0 saturated carbocycles. The number of amides is 1. The summed E-state index contributed by atoms with van der Waals surface area (Å²) >= 11 is 11.7. The van der Waals surface area contributed by atoms with Crippen LogP contribution in [0.2, 0.25) is 10.0 Å². The molecule has 27 heavy (non-hydrogen) atoms. The monoisotopic (exact) mass is 407 g/mol. The lowest BCUT2D eigenvalue weighted by Crippen LogP contribution is -2.20. The highest BCUT2D eigenvalue weighted by atomic mass is 35.5. The molecular weight excluding hydrogens is 393 g/mol. The minimum atomic E-state index is -0.681. The van der Waals surface area contributed by atoms with E-state index in [0.717, 1.165) is 11.3 Å². The number of hydrogen-bond acceptors (Lipinski definition) is 5. The molecule has 3 rings (SSSR count). The molecule has 0 radical (unpaired) electrons. The number of benzene rings is 2. The van der Waals surface area contributed by atoms with Crippen LogP contribution in [-0.2, 0) is 20.7 Å². The maximum atomic E-state index is 12.1. The zero-order valence-electron chi connectivity index (χ0n) is 14.1. The number of rotatable bonds is 6. The summed E-state index contributed by atoms with van der Waals surface area (Å²) in [6.45, 7) is -0.785. The molecular formula is C19H15Cl2NO5. The number of ketones is 1. The lowest BCUT2D eigenvalue weighted by molar-refractivity contribution is -0.144. The Morgan fingerprint density at radius 3 is 2.63 bits per heavy atom. The second-order valence-corrected chi connectivity index (χ2v) is 6.71. The Labute approximate surface area is 165 Å². The van der Waals surface area contributed by atoms with Gasteiger partial charge in [-0.05, 0) is 48.4 Å². The number of hydrogen-bond donors (Lipinski definition) is 1. The first-order valence-corrected chi connectivity index (χ1v) is 8.87. The van der Waals surface area contributed by atoms with Crippen LogP contribution in [0.1, 0.15) is 22.3 Å². The number of carbonyl (C=O) groups excluding carboxylic acids is 3. The van der Waals surface area contributed by atoms with Gasteiger partial charge in [0.1, 0.15) is 5.75 Å². The van der Waals surface area contributed by atoms with Crippen molar-refractivity contribution in [1.29, 1.82) is 0 Å². The molecule has 2 aromatic carbocycles. The highest BCUT2D eigenvalue weighted by molar-refractivity contribution is 6.36. The van der Waals surface area contributed by atoms with Crippen molar-refractivity contribution >= 4 is 46.5 Å². The van der Waals surface area contributed by atoms with E-state index in [2.05, 4.69) is 5.32 Å². The molecule has 0 spiro atoms. The number of esters is 1. The highest BCUT2D eigenvalue weighted by Crippen LogP contribution is 2.26. The maximum absolute atomic E-state index is 12.1. The molecule has 1 aliphatic heterocycles. The first kappa shape index (κ1) is 19.2. The number of fused-ring (bicyclic) bond motifs is 1.